The highest BCUT2D eigenvalue weighted by molar-refractivity contribution is 6.38. The number of benzene rings is 1. The van der Waals surface area contributed by atoms with Crippen LogP contribution >= 0.6 is 11.6 Å². The number of rotatable bonds is 2. The Balaban J connectivity index is 1.94. The number of aryl methyl sites for hydroxylation is 1. The van der Waals surface area contributed by atoms with Crippen molar-refractivity contribution in [1.82, 2.24) is 14.8 Å². The SMILES string of the molecule is Cn1ncc2c(Cl)c(C(=O)Nc3ccc(F)cc3)cnc21. The first kappa shape index (κ1) is 13.5. The van der Waals surface area contributed by atoms with E-state index in [1.54, 1.807) is 17.9 Å². The van der Waals surface area contributed by atoms with Gasteiger partial charge in [-0.05, 0) is 24.3 Å². The van der Waals surface area contributed by atoms with Gasteiger partial charge in [-0.1, -0.05) is 11.6 Å². The summed E-state index contributed by atoms with van der Waals surface area (Å²) in [5, 5.41) is 7.58. The number of carbonyl (C=O) groups excluding carboxylic acids is 1. The lowest BCUT2D eigenvalue weighted by Crippen LogP contribution is -2.13. The van der Waals surface area contributed by atoms with Crippen LogP contribution in [0.4, 0.5) is 10.1 Å². The fourth-order valence-corrected chi connectivity index (χ4v) is 2.22. The molecule has 3 aromatic rings. The van der Waals surface area contributed by atoms with Gasteiger partial charge in [0.25, 0.3) is 5.91 Å². The number of anilines is 1. The molecule has 1 aromatic carbocycles. The zero-order valence-corrected chi connectivity index (χ0v) is 11.7. The van der Waals surface area contributed by atoms with Gasteiger partial charge in [0.15, 0.2) is 5.65 Å². The molecule has 1 N–H and O–H groups in total. The molecule has 106 valence electrons. The van der Waals surface area contributed by atoms with E-state index in [1.165, 1.54) is 30.5 Å². The summed E-state index contributed by atoms with van der Waals surface area (Å²) in [6, 6.07) is 5.47. The van der Waals surface area contributed by atoms with Crippen molar-refractivity contribution in [2.75, 3.05) is 5.32 Å². The van der Waals surface area contributed by atoms with Gasteiger partial charge in [0.1, 0.15) is 5.82 Å². The Morgan fingerprint density at radius 1 is 1.29 bits per heavy atom. The van der Waals surface area contributed by atoms with Gasteiger partial charge >= 0.3 is 0 Å². The van der Waals surface area contributed by atoms with Crippen LogP contribution in [-0.4, -0.2) is 20.7 Å². The van der Waals surface area contributed by atoms with Crippen LogP contribution in [0.1, 0.15) is 10.4 Å². The van der Waals surface area contributed by atoms with Crippen molar-refractivity contribution in [3.05, 3.63) is 53.1 Å². The largest absolute Gasteiger partial charge is 0.322 e. The third-order valence-electron chi connectivity index (χ3n) is 3.04. The van der Waals surface area contributed by atoms with Crippen LogP contribution in [-0.2, 0) is 7.05 Å². The number of halogens is 2. The van der Waals surface area contributed by atoms with E-state index in [1.807, 2.05) is 0 Å². The van der Waals surface area contributed by atoms with Crippen LogP contribution in [0.3, 0.4) is 0 Å². The van der Waals surface area contributed by atoms with Crippen molar-refractivity contribution < 1.29 is 9.18 Å². The maximum absolute atomic E-state index is 12.8. The maximum atomic E-state index is 12.8. The van der Waals surface area contributed by atoms with Gasteiger partial charge in [-0.2, -0.15) is 5.10 Å². The molecule has 0 aliphatic heterocycles. The third kappa shape index (κ3) is 2.45. The number of nitrogens with one attached hydrogen (secondary N) is 1. The van der Waals surface area contributed by atoms with E-state index in [-0.39, 0.29) is 16.4 Å². The molecule has 0 spiro atoms. The first-order valence-corrected chi connectivity index (χ1v) is 6.47. The summed E-state index contributed by atoms with van der Waals surface area (Å²) >= 11 is 6.23. The summed E-state index contributed by atoms with van der Waals surface area (Å²) in [5.41, 5.74) is 1.31. The van der Waals surface area contributed by atoms with Gasteiger partial charge in [-0.15, -0.1) is 0 Å². The summed E-state index contributed by atoms with van der Waals surface area (Å²) in [6.45, 7) is 0. The van der Waals surface area contributed by atoms with Crippen LogP contribution in [0.2, 0.25) is 5.02 Å². The highest BCUT2D eigenvalue weighted by Gasteiger charge is 2.16. The van der Waals surface area contributed by atoms with Gasteiger partial charge in [-0.3, -0.25) is 9.48 Å². The van der Waals surface area contributed by atoms with Gasteiger partial charge in [0.05, 0.1) is 22.2 Å². The molecule has 0 atom stereocenters. The van der Waals surface area contributed by atoms with Crippen LogP contribution in [0.5, 0.6) is 0 Å². The Kier molecular flexibility index (Phi) is 3.31. The summed E-state index contributed by atoms with van der Waals surface area (Å²) in [7, 11) is 1.74. The van der Waals surface area contributed by atoms with Gasteiger partial charge in [0, 0.05) is 18.9 Å². The molecular formula is C14H10ClFN4O. The minimum absolute atomic E-state index is 0.237. The number of hydrogen-bond acceptors (Lipinski definition) is 3. The Bertz CT molecular complexity index is 829. The summed E-state index contributed by atoms with van der Waals surface area (Å²) in [6.07, 6.45) is 2.95. The molecule has 0 aliphatic rings. The molecule has 1 amide bonds. The number of fused-ring (bicyclic) bond motifs is 1. The van der Waals surface area contributed by atoms with E-state index in [9.17, 15) is 9.18 Å². The minimum atomic E-state index is -0.412. The molecule has 0 radical (unpaired) electrons. The first-order valence-electron chi connectivity index (χ1n) is 6.09. The van der Waals surface area contributed by atoms with Crippen molar-refractivity contribution in [2.45, 2.75) is 0 Å². The third-order valence-corrected chi connectivity index (χ3v) is 3.45. The summed E-state index contributed by atoms with van der Waals surface area (Å²) < 4.78 is 14.4. The first-order chi connectivity index (χ1) is 10.1. The van der Waals surface area contributed by atoms with Gasteiger partial charge in [0.2, 0.25) is 0 Å². The lowest BCUT2D eigenvalue weighted by atomic mass is 10.2. The highest BCUT2D eigenvalue weighted by atomic mass is 35.5. The van der Waals surface area contributed by atoms with Crippen molar-refractivity contribution in [1.29, 1.82) is 0 Å². The lowest BCUT2D eigenvalue weighted by Gasteiger charge is -2.07. The second-order valence-corrected chi connectivity index (χ2v) is 4.83. The predicted molar refractivity (Wildman–Crippen MR) is 77.9 cm³/mol. The number of hydrogen-bond donors (Lipinski definition) is 1. The number of pyridine rings is 1. The number of nitrogens with zero attached hydrogens (tertiary/aromatic N) is 3. The zero-order chi connectivity index (χ0) is 15.0. The van der Waals surface area contributed by atoms with Crippen molar-refractivity contribution in [2.24, 2.45) is 7.05 Å². The molecule has 2 heterocycles. The molecule has 0 bridgehead atoms. The van der Waals surface area contributed by atoms with E-state index in [0.717, 1.165) is 0 Å². The monoisotopic (exact) mass is 304 g/mol. The smallest absolute Gasteiger partial charge is 0.258 e. The van der Waals surface area contributed by atoms with Crippen LogP contribution in [0, 0.1) is 5.82 Å². The van der Waals surface area contributed by atoms with E-state index in [0.29, 0.717) is 16.7 Å². The minimum Gasteiger partial charge on any atom is -0.322 e. The maximum Gasteiger partial charge on any atom is 0.258 e. The molecule has 2 aromatic heterocycles. The van der Waals surface area contributed by atoms with Crippen LogP contribution in [0.25, 0.3) is 11.0 Å². The quantitative estimate of drug-likeness (QED) is 0.791. The Labute approximate surface area is 124 Å². The summed E-state index contributed by atoms with van der Waals surface area (Å²) in [5.74, 6) is -0.783. The molecule has 5 nitrogen and oxygen atoms in total. The number of carbonyl (C=O) groups is 1. The number of amides is 1. The zero-order valence-electron chi connectivity index (χ0n) is 11.0. The molecule has 7 heteroatoms. The molecule has 0 aliphatic carbocycles. The predicted octanol–water partition coefficient (Wildman–Crippen LogP) is 3.01. The lowest BCUT2D eigenvalue weighted by molar-refractivity contribution is 0.102. The van der Waals surface area contributed by atoms with E-state index >= 15 is 0 Å². The molecule has 0 saturated heterocycles. The van der Waals surface area contributed by atoms with Crippen molar-refractivity contribution in [3.63, 3.8) is 0 Å². The van der Waals surface area contributed by atoms with E-state index < -0.39 is 5.91 Å². The Morgan fingerprint density at radius 2 is 2.00 bits per heavy atom. The Morgan fingerprint density at radius 3 is 2.71 bits per heavy atom. The van der Waals surface area contributed by atoms with E-state index in [2.05, 4.69) is 15.4 Å². The fourth-order valence-electron chi connectivity index (χ4n) is 1.96. The van der Waals surface area contributed by atoms with Crippen molar-refractivity contribution >= 4 is 34.2 Å². The molecule has 0 fully saturated rings. The van der Waals surface area contributed by atoms with E-state index in [4.69, 9.17) is 11.6 Å². The second-order valence-electron chi connectivity index (χ2n) is 4.45. The molecule has 21 heavy (non-hydrogen) atoms. The molecular weight excluding hydrogens is 295 g/mol. The summed E-state index contributed by atoms with van der Waals surface area (Å²) in [4.78, 5) is 16.4. The fraction of sp³-hybridized carbons (Fsp3) is 0.0714. The molecule has 0 saturated carbocycles. The van der Waals surface area contributed by atoms with Gasteiger partial charge in [-0.25, -0.2) is 9.37 Å². The Hall–Kier alpha value is -2.47. The second kappa shape index (κ2) is 5.14. The highest BCUT2D eigenvalue weighted by Crippen LogP contribution is 2.25. The normalized spacial score (nSPS) is 10.8. The van der Waals surface area contributed by atoms with Crippen LogP contribution in [0.15, 0.2) is 36.7 Å². The van der Waals surface area contributed by atoms with Crippen molar-refractivity contribution in [3.8, 4) is 0 Å². The topological polar surface area (TPSA) is 59.8 Å². The molecule has 3 rings (SSSR count). The average Bonchev–Trinajstić information content (AvgIpc) is 2.84. The standard InChI is InChI=1S/C14H10ClFN4O/c1-20-13-10(7-18-20)12(15)11(6-17-13)14(21)19-9-4-2-8(16)3-5-9/h2-7H,1H3,(H,19,21). The average molecular weight is 305 g/mol. The van der Waals surface area contributed by atoms with Gasteiger partial charge < -0.3 is 5.32 Å². The number of aromatic nitrogens is 3. The molecule has 0 unspecified atom stereocenters. The van der Waals surface area contributed by atoms with Crippen LogP contribution < -0.4 is 5.32 Å².